The van der Waals surface area contributed by atoms with Crippen molar-refractivity contribution in [3.8, 4) is 0 Å². The van der Waals surface area contributed by atoms with E-state index in [2.05, 4.69) is 4.98 Å². The Bertz CT molecular complexity index is 631. The molecule has 0 saturated carbocycles. The molecule has 1 aliphatic rings. The van der Waals surface area contributed by atoms with Crippen molar-refractivity contribution >= 4 is 28.6 Å². The summed E-state index contributed by atoms with van der Waals surface area (Å²) in [7, 11) is 0. The SMILES string of the molecule is Cc1ncsc1CCC(=O)N1CCC([C@@H](O)c2cccs2)CC1. The number of amides is 1. The van der Waals surface area contributed by atoms with Gasteiger partial charge in [-0.15, -0.1) is 22.7 Å². The van der Waals surface area contributed by atoms with Crippen molar-refractivity contribution in [2.75, 3.05) is 13.1 Å². The maximum atomic E-state index is 12.4. The Hall–Kier alpha value is -1.24. The topological polar surface area (TPSA) is 53.4 Å². The van der Waals surface area contributed by atoms with Gasteiger partial charge in [0.25, 0.3) is 0 Å². The zero-order valence-electron chi connectivity index (χ0n) is 13.3. The van der Waals surface area contributed by atoms with Gasteiger partial charge < -0.3 is 10.0 Å². The molecule has 1 aliphatic heterocycles. The number of hydrogen-bond donors (Lipinski definition) is 1. The van der Waals surface area contributed by atoms with Gasteiger partial charge in [0.2, 0.25) is 5.91 Å². The third kappa shape index (κ3) is 4.00. The molecule has 1 saturated heterocycles. The van der Waals surface area contributed by atoms with Gasteiger partial charge in [0.05, 0.1) is 17.3 Å². The van der Waals surface area contributed by atoms with Gasteiger partial charge >= 0.3 is 0 Å². The van der Waals surface area contributed by atoms with E-state index >= 15 is 0 Å². The molecule has 1 amide bonds. The molecule has 23 heavy (non-hydrogen) atoms. The molecule has 0 unspecified atom stereocenters. The van der Waals surface area contributed by atoms with Crippen LogP contribution in [-0.4, -0.2) is 34.0 Å². The number of piperidine rings is 1. The van der Waals surface area contributed by atoms with Crippen LogP contribution >= 0.6 is 22.7 Å². The fourth-order valence-corrected chi connectivity index (χ4v) is 4.69. The third-order valence-electron chi connectivity index (χ3n) is 4.58. The average Bonchev–Trinajstić information content (AvgIpc) is 3.24. The quantitative estimate of drug-likeness (QED) is 0.899. The number of hydrogen-bond acceptors (Lipinski definition) is 5. The summed E-state index contributed by atoms with van der Waals surface area (Å²) in [6.45, 7) is 3.51. The Kier molecular flexibility index (Phi) is 5.46. The van der Waals surface area contributed by atoms with Crippen LogP contribution in [0, 0.1) is 12.8 Å². The molecule has 2 aromatic rings. The van der Waals surface area contributed by atoms with Crippen molar-refractivity contribution in [1.29, 1.82) is 0 Å². The molecule has 0 bridgehead atoms. The Morgan fingerprint density at radius 1 is 1.43 bits per heavy atom. The number of carbonyl (C=O) groups is 1. The Morgan fingerprint density at radius 2 is 2.22 bits per heavy atom. The molecule has 3 heterocycles. The Morgan fingerprint density at radius 3 is 2.83 bits per heavy atom. The van der Waals surface area contributed by atoms with E-state index in [4.69, 9.17) is 0 Å². The van der Waals surface area contributed by atoms with E-state index in [9.17, 15) is 9.90 Å². The van der Waals surface area contributed by atoms with Crippen LogP contribution in [0.4, 0.5) is 0 Å². The standard InChI is InChI=1S/C17H22N2O2S2/c1-12-14(23-11-18-12)4-5-16(20)19-8-6-13(7-9-19)17(21)15-3-2-10-22-15/h2-3,10-11,13,17,21H,4-9H2,1H3/t17-/m1/s1. The van der Waals surface area contributed by atoms with E-state index in [1.807, 2.05) is 34.8 Å². The number of aliphatic hydroxyl groups is 1. The lowest BCUT2D eigenvalue weighted by Crippen LogP contribution is -2.39. The lowest BCUT2D eigenvalue weighted by Gasteiger charge is -2.34. The van der Waals surface area contributed by atoms with Gasteiger partial charge in [-0.2, -0.15) is 0 Å². The zero-order chi connectivity index (χ0) is 16.2. The maximum Gasteiger partial charge on any atom is 0.222 e. The zero-order valence-corrected chi connectivity index (χ0v) is 14.9. The number of aliphatic hydroxyl groups excluding tert-OH is 1. The lowest BCUT2D eigenvalue weighted by molar-refractivity contribution is -0.133. The van der Waals surface area contributed by atoms with Crippen LogP contribution in [0.2, 0.25) is 0 Å². The van der Waals surface area contributed by atoms with Crippen LogP contribution in [-0.2, 0) is 11.2 Å². The average molecular weight is 351 g/mol. The normalized spacial score (nSPS) is 17.4. The summed E-state index contributed by atoms with van der Waals surface area (Å²) in [5.41, 5.74) is 2.88. The molecule has 124 valence electrons. The number of likely N-dealkylation sites (tertiary alicyclic amines) is 1. The van der Waals surface area contributed by atoms with Gasteiger partial charge in [-0.3, -0.25) is 4.79 Å². The number of aromatic nitrogens is 1. The molecular formula is C17H22N2O2S2. The molecule has 1 N–H and O–H groups in total. The number of aryl methyl sites for hydroxylation is 2. The molecular weight excluding hydrogens is 328 g/mol. The maximum absolute atomic E-state index is 12.4. The smallest absolute Gasteiger partial charge is 0.222 e. The minimum atomic E-state index is -0.382. The summed E-state index contributed by atoms with van der Waals surface area (Å²) in [6, 6.07) is 3.97. The van der Waals surface area contributed by atoms with E-state index in [1.54, 1.807) is 22.7 Å². The first-order valence-electron chi connectivity index (χ1n) is 8.03. The van der Waals surface area contributed by atoms with Crippen molar-refractivity contribution in [3.05, 3.63) is 38.5 Å². The number of thiophene rings is 1. The summed E-state index contributed by atoms with van der Waals surface area (Å²) in [5.74, 6) is 0.489. The molecule has 0 spiro atoms. The minimum absolute atomic E-state index is 0.224. The summed E-state index contributed by atoms with van der Waals surface area (Å²) in [5, 5.41) is 12.4. The Labute approximate surface area is 144 Å². The van der Waals surface area contributed by atoms with Crippen molar-refractivity contribution < 1.29 is 9.90 Å². The van der Waals surface area contributed by atoms with Crippen molar-refractivity contribution in [2.45, 2.75) is 38.7 Å². The molecule has 1 fully saturated rings. The first-order valence-corrected chi connectivity index (χ1v) is 9.79. The van der Waals surface area contributed by atoms with E-state index in [0.717, 1.165) is 42.9 Å². The van der Waals surface area contributed by atoms with Gasteiger partial charge in [0.15, 0.2) is 0 Å². The molecule has 2 aromatic heterocycles. The fraction of sp³-hybridized carbons (Fsp3) is 0.529. The van der Waals surface area contributed by atoms with Crippen LogP contribution in [0.1, 0.15) is 40.8 Å². The largest absolute Gasteiger partial charge is 0.387 e. The Balaban J connectivity index is 1.47. The first-order chi connectivity index (χ1) is 11.1. The van der Waals surface area contributed by atoms with Crippen molar-refractivity contribution in [1.82, 2.24) is 9.88 Å². The van der Waals surface area contributed by atoms with E-state index < -0.39 is 0 Å². The number of rotatable bonds is 5. The molecule has 1 atom stereocenters. The predicted molar refractivity (Wildman–Crippen MR) is 93.8 cm³/mol. The molecule has 0 aliphatic carbocycles. The van der Waals surface area contributed by atoms with Gasteiger partial charge in [0, 0.05) is 29.3 Å². The lowest BCUT2D eigenvalue weighted by atomic mass is 9.90. The van der Waals surface area contributed by atoms with Gasteiger partial charge in [0.1, 0.15) is 0 Å². The third-order valence-corrected chi connectivity index (χ3v) is 6.52. The summed E-state index contributed by atoms with van der Waals surface area (Å²) >= 11 is 3.23. The van der Waals surface area contributed by atoms with Crippen molar-refractivity contribution in [3.63, 3.8) is 0 Å². The predicted octanol–water partition coefficient (Wildman–Crippen LogP) is 3.42. The van der Waals surface area contributed by atoms with Gasteiger partial charge in [-0.1, -0.05) is 6.07 Å². The highest BCUT2D eigenvalue weighted by atomic mass is 32.1. The molecule has 0 radical (unpaired) electrons. The minimum Gasteiger partial charge on any atom is -0.387 e. The van der Waals surface area contributed by atoms with Gasteiger partial charge in [-0.25, -0.2) is 4.98 Å². The van der Waals surface area contributed by atoms with Crippen molar-refractivity contribution in [2.24, 2.45) is 5.92 Å². The second kappa shape index (κ2) is 7.55. The summed E-state index contributed by atoms with van der Waals surface area (Å²) in [4.78, 5) is 20.8. The van der Waals surface area contributed by atoms with Crippen LogP contribution in [0.25, 0.3) is 0 Å². The second-order valence-corrected chi connectivity index (χ2v) is 7.96. The highest BCUT2D eigenvalue weighted by molar-refractivity contribution is 7.10. The van der Waals surface area contributed by atoms with Crippen LogP contribution in [0.5, 0.6) is 0 Å². The van der Waals surface area contributed by atoms with Gasteiger partial charge in [-0.05, 0) is 43.6 Å². The monoisotopic (exact) mass is 350 g/mol. The van der Waals surface area contributed by atoms with Crippen LogP contribution in [0.15, 0.2) is 23.0 Å². The van der Waals surface area contributed by atoms with E-state index in [1.165, 1.54) is 4.88 Å². The first kappa shape index (κ1) is 16.6. The highest BCUT2D eigenvalue weighted by Crippen LogP contribution is 2.33. The van der Waals surface area contributed by atoms with Crippen LogP contribution in [0.3, 0.4) is 0 Å². The fourth-order valence-electron chi connectivity index (χ4n) is 3.10. The molecule has 0 aromatic carbocycles. The molecule has 3 rings (SSSR count). The van der Waals surface area contributed by atoms with E-state index in [-0.39, 0.29) is 17.9 Å². The second-order valence-electron chi connectivity index (χ2n) is 6.04. The highest BCUT2D eigenvalue weighted by Gasteiger charge is 2.28. The number of thiazole rings is 1. The number of carbonyl (C=O) groups excluding carboxylic acids is 1. The van der Waals surface area contributed by atoms with Crippen LogP contribution < -0.4 is 0 Å². The summed E-state index contributed by atoms with van der Waals surface area (Å²) in [6.07, 6.45) is 2.72. The molecule has 4 nitrogen and oxygen atoms in total. The van der Waals surface area contributed by atoms with E-state index in [0.29, 0.717) is 6.42 Å². The number of nitrogens with zero attached hydrogens (tertiary/aromatic N) is 2. The molecule has 6 heteroatoms. The summed E-state index contributed by atoms with van der Waals surface area (Å²) < 4.78 is 0.